The Balaban J connectivity index is 1.57. The molecule has 2 saturated heterocycles. The van der Waals surface area contributed by atoms with Gasteiger partial charge in [-0.1, -0.05) is 147 Å². The van der Waals surface area contributed by atoms with Gasteiger partial charge in [0.2, 0.25) is 6.41 Å². The molecule has 4 heteroatoms. The highest BCUT2D eigenvalue weighted by molar-refractivity contribution is 5.47. The number of ether oxygens (including phenoxy) is 2. The average molecular weight is 670 g/mol. The second kappa shape index (κ2) is 29.4. The number of rotatable bonds is 32. The van der Waals surface area contributed by atoms with Crippen molar-refractivity contribution in [1.29, 1.82) is 0 Å². The first kappa shape index (κ1) is 42.8. The number of allylic oxidation sites excluding steroid dienone is 6. The number of nitrogens with zero attached hydrogens (tertiary/aromatic N) is 1. The molecule has 2 fully saturated rings. The number of hydrogen-bond donors (Lipinski definition) is 0. The Morgan fingerprint density at radius 3 is 1.40 bits per heavy atom. The van der Waals surface area contributed by atoms with E-state index in [2.05, 4.69) is 50.3 Å². The zero-order valence-electron chi connectivity index (χ0n) is 32.0. The van der Waals surface area contributed by atoms with Crippen molar-refractivity contribution in [2.24, 2.45) is 0 Å². The molecule has 2 rings (SSSR count). The van der Waals surface area contributed by atoms with Gasteiger partial charge in [0.1, 0.15) is 0 Å². The molecule has 48 heavy (non-hydrogen) atoms. The van der Waals surface area contributed by atoms with Crippen LogP contribution in [0.25, 0.3) is 0 Å². The number of amides is 1. The number of hydrogen-bond acceptors (Lipinski definition) is 3. The lowest BCUT2D eigenvalue weighted by molar-refractivity contribution is -0.204. The molecule has 2 aliphatic rings. The third-order valence-electron chi connectivity index (χ3n) is 10.7. The summed E-state index contributed by atoms with van der Waals surface area (Å²) in [6.45, 7) is 6.84. The Labute approximate surface area is 298 Å². The molecule has 4 nitrogen and oxygen atoms in total. The highest BCUT2D eigenvalue weighted by atomic mass is 16.8. The average Bonchev–Trinajstić information content (AvgIpc) is 3.45. The summed E-state index contributed by atoms with van der Waals surface area (Å²) in [5.74, 6) is -0.403. The summed E-state index contributed by atoms with van der Waals surface area (Å²) < 4.78 is 13.5. The fourth-order valence-corrected chi connectivity index (χ4v) is 7.40. The minimum atomic E-state index is -0.403. The molecular formula is C44H79NO3. The smallest absolute Gasteiger partial charge is 0.209 e. The highest BCUT2D eigenvalue weighted by Crippen LogP contribution is 2.43. The third kappa shape index (κ3) is 21.0. The predicted octanol–water partition coefficient (Wildman–Crippen LogP) is 13.4. The van der Waals surface area contributed by atoms with E-state index in [4.69, 9.17) is 9.47 Å². The lowest BCUT2D eigenvalue weighted by Crippen LogP contribution is -2.46. The first-order valence-electron chi connectivity index (χ1n) is 21.2. The van der Waals surface area contributed by atoms with Crippen LogP contribution in [-0.4, -0.2) is 42.4 Å². The number of likely N-dealkylation sites (tertiary alicyclic amines) is 1. The van der Waals surface area contributed by atoms with E-state index in [1.165, 1.54) is 161 Å². The summed E-state index contributed by atoms with van der Waals surface area (Å²) in [5.41, 5.74) is -0.180. The molecular weight excluding hydrogens is 590 g/mol. The van der Waals surface area contributed by atoms with Crippen molar-refractivity contribution >= 4 is 6.41 Å². The largest absolute Gasteiger partial charge is 0.347 e. The maximum atomic E-state index is 11.3. The monoisotopic (exact) mass is 670 g/mol. The molecule has 0 bridgehead atoms. The Bertz CT molecular complexity index is 827. The Morgan fingerprint density at radius 2 is 0.917 bits per heavy atom. The van der Waals surface area contributed by atoms with E-state index in [1.807, 2.05) is 4.90 Å². The lowest BCUT2D eigenvalue weighted by atomic mass is 9.92. The molecule has 0 saturated carbocycles. The fraction of sp³-hybridized carbons (Fsp3) is 0.841. The van der Waals surface area contributed by atoms with Crippen molar-refractivity contribution in [3.63, 3.8) is 0 Å². The molecule has 278 valence electrons. The Morgan fingerprint density at radius 1 is 0.521 bits per heavy atom. The maximum absolute atomic E-state index is 11.3. The van der Waals surface area contributed by atoms with Crippen LogP contribution in [0.3, 0.4) is 0 Å². The zero-order chi connectivity index (χ0) is 34.3. The van der Waals surface area contributed by atoms with E-state index in [-0.39, 0.29) is 5.60 Å². The van der Waals surface area contributed by atoms with E-state index in [0.29, 0.717) is 6.61 Å². The minimum absolute atomic E-state index is 0.180. The molecule has 2 aliphatic heterocycles. The van der Waals surface area contributed by atoms with Crippen molar-refractivity contribution in [2.45, 2.75) is 218 Å². The van der Waals surface area contributed by atoms with Crippen LogP contribution in [-0.2, 0) is 14.3 Å². The van der Waals surface area contributed by atoms with Gasteiger partial charge in [-0.05, 0) is 83.5 Å². The molecule has 1 unspecified atom stereocenters. The van der Waals surface area contributed by atoms with Crippen molar-refractivity contribution in [3.8, 4) is 0 Å². The summed E-state index contributed by atoms with van der Waals surface area (Å²) in [6, 6.07) is 0. The van der Waals surface area contributed by atoms with Gasteiger partial charge in [0.15, 0.2) is 5.79 Å². The zero-order valence-corrected chi connectivity index (χ0v) is 32.0. The first-order valence-corrected chi connectivity index (χ1v) is 21.2. The molecule has 0 N–H and O–H groups in total. The van der Waals surface area contributed by atoms with E-state index in [0.717, 1.165) is 51.6 Å². The van der Waals surface area contributed by atoms with Gasteiger partial charge in [-0.2, -0.15) is 0 Å². The molecule has 1 atom stereocenters. The summed E-state index contributed by atoms with van der Waals surface area (Å²) in [4.78, 5) is 13.2. The van der Waals surface area contributed by atoms with E-state index >= 15 is 0 Å². The lowest BCUT2D eigenvalue weighted by Gasteiger charge is -2.38. The van der Waals surface area contributed by atoms with Gasteiger partial charge < -0.3 is 14.4 Å². The summed E-state index contributed by atoms with van der Waals surface area (Å²) in [7, 11) is 0. The molecule has 1 spiro atoms. The van der Waals surface area contributed by atoms with Crippen LogP contribution in [0.4, 0.5) is 0 Å². The van der Waals surface area contributed by atoms with Crippen LogP contribution < -0.4 is 0 Å². The molecule has 0 aliphatic carbocycles. The first-order chi connectivity index (χ1) is 23.7. The van der Waals surface area contributed by atoms with E-state index < -0.39 is 5.79 Å². The van der Waals surface area contributed by atoms with Crippen molar-refractivity contribution in [1.82, 2.24) is 4.90 Å². The fourth-order valence-electron chi connectivity index (χ4n) is 7.40. The molecule has 0 aromatic heterocycles. The number of piperidine rings is 1. The van der Waals surface area contributed by atoms with Gasteiger partial charge in [-0.15, -0.1) is 0 Å². The van der Waals surface area contributed by atoms with Gasteiger partial charge in [0.05, 0.1) is 12.2 Å². The summed E-state index contributed by atoms with van der Waals surface area (Å²) in [6.07, 6.45) is 53.0. The molecule has 2 heterocycles. The van der Waals surface area contributed by atoms with Gasteiger partial charge in [-0.25, -0.2) is 0 Å². The van der Waals surface area contributed by atoms with Crippen LogP contribution in [0, 0.1) is 0 Å². The quantitative estimate of drug-likeness (QED) is 0.0406. The summed E-state index contributed by atoms with van der Waals surface area (Å²) >= 11 is 0. The molecule has 0 aromatic rings. The predicted molar refractivity (Wildman–Crippen MR) is 207 cm³/mol. The van der Waals surface area contributed by atoms with Gasteiger partial charge in [0.25, 0.3) is 0 Å². The van der Waals surface area contributed by atoms with Gasteiger partial charge in [-0.3, -0.25) is 4.79 Å². The SMILES string of the molecule is CCCCC/C=C\C/C=C\CCCCCCCCC1(CCCCCCCC/C=C\CCCCCCCC)OCC2(CCN(C=O)CC2)O1. The normalized spacial score (nSPS) is 19.6. The number of unbranched alkanes of at least 4 members (excludes halogenated alkanes) is 21. The Hall–Kier alpha value is -1.39. The minimum Gasteiger partial charge on any atom is -0.347 e. The Kier molecular flexibility index (Phi) is 26.2. The van der Waals surface area contributed by atoms with Crippen LogP contribution in [0.5, 0.6) is 0 Å². The molecule has 0 radical (unpaired) electrons. The van der Waals surface area contributed by atoms with E-state index in [9.17, 15) is 4.79 Å². The highest BCUT2D eigenvalue weighted by Gasteiger charge is 2.50. The van der Waals surface area contributed by atoms with Crippen molar-refractivity contribution in [3.05, 3.63) is 36.5 Å². The van der Waals surface area contributed by atoms with Crippen LogP contribution >= 0.6 is 0 Å². The van der Waals surface area contributed by atoms with Crippen LogP contribution in [0.15, 0.2) is 36.5 Å². The van der Waals surface area contributed by atoms with Gasteiger partial charge >= 0.3 is 0 Å². The topological polar surface area (TPSA) is 38.8 Å². The van der Waals surface area contributed by atoms with Crippen molar-refractivity contribution < 1.29 is 14.3 Å². The molecule has 0 aromatic carbocycles. The molecule has 1 amide bonds. The standard InChI is InChI=1S/C44H79NO3/c1-3-5-7-9-11-13-15-17-19-21-23-25-27-29-31-33-35-44(47-41-43(48-44)37-39-45(42-46)40-38-43)36-34-32-30-28-26-24-22-20-18-16-14-12-10-8-6-4-2/h11,13,17-20,42H,3-10,12,14-16,21-41H2,1-2H3/b13-11-,19-17-,20-18-. The summed E-state index contributed by atoms with van der Waals surface area (Å²) in [5, 5.41) is 0. The van der Waals surface area contributed by atoms with Gasteiger partial charge in [0, 0.05) is 25.9 Å². The second-order valence-electron chi connectivity index (χ2n) is 15.1. The number of carbonyl (C=O) groups excluding carboxylic acids is 1. The maximum Gasteiger partial charge on any atom is 0.209 e. The van der Waals surface area contributed by atoms with E-state index in [1.54, 1.807) is 0 Å². The second-order valence-corrected chi connectivity index (χ2v) is 15.1. The van der Waals surface area contributed by atoms with Crippen LogP contribution in [0.2, 0.25) is 0 Å². The van der Waals surface area contributed by atoms with Crippen molar-refractivity contribution in [2.75, 3.05) is 19.7 Å². The number of carbonyl (C=O) groups is 1. The third-order valence-corrected chi connectivity index (χ3v) is 10.7. The van der Waals surface area contributed by atoms with Crippen LogP contribution in [0.1, 0.15) is 206 Å².